The van der Waals surface area contributed by atoms with Crippen molar-refractivity contribution < 1.29 is 0 Å². The highest BCUT2D eigenvalue weighted by Gasteiger charge is 2.16. The van der Waals surface area contributed by atoms with Crippen LogP contribution in [-0.2, 0) is 10.8 Å². The molecule has 1 heteroatoms. The van der Waals surface area contributed by atoms with Gasteiger partial charge in [0.15, 0.2) is 0 Å². The van der Waals surface area contributed by atoms with Crippen molar-refractivity contribution in [1.29, 1.82) is 0 Å². The second-order valence-electron chi connectivity index (χ2n) is 10.2. The second-order valence-corrected chi connectivity index (χ2v) is 10.2. The average molecular weight is 394 g/mol. The van der Waals surface area contributed by atoms with Crippen LogP contribution in [-0.4, -0.2) is 4.98 Å². The maximum atomic E-state index is 5.13. The van der Waals surface area contributed by atoms with Crippen molar-refractivity contribution >= 4 is 10.8 Å². The summed E-state index contributed by atoms with van der Waals surface area (Å²) >= 11 is 0. The van der Waals surface area contributed by atoms with Crippen LogP contribution in [0.5, 0.6) is 0 Å². The summed E-state index contributed by atoms with van der Waals surface area (Å²) in [5.41, 5.74) is 7.34. The molecule has 0 spiro atoms. The van der Waals surface area contributed by atoms with Gasteiger partial charge in [-0.25, -0.2) is 4.98 Å². The molecule has 4 rings (SSSR count). The maximum absolute atomic E-state index is 5.13. The molecule has 0 bridgehead atoms. The zero-order valence-electron chi connectivity index (χ0n) is 19.0. The van der Waals surface area contributed by atoms with Gasteiger partial charge >= 0.3 is 0 Å². The molecule has 4 aromatic rings. The van der Waals surface area contributed by atoms with Crippen LogP contribution in [0.15, 0.2) is 78.9 Å². The SMILES string of the molecule is CC(C)(C)c1ccc(-c2cc3ccccc3c(-c3ccc(C(C)(C)C)cc3)n2)cc1. The molecule has 0 atom stereocenters. The van der Waals surface area contributed by atoms with Crippen molar-refractivity contribution in [2.75, 3.05) is 0 Å². The predicted molar refractivity (Wildman–Crippen MR) is 130 cm³/mol. The summed E-state index contributed by atoms with van der Waals surface area (Å²) in [6, 6.07) is 28.5. The molecular formula is C29H31N. The van der Waals surface area contributed by atoms with Crippen molar-refractivity contribution in [3.05, 3.63) is 90.0 Å². The van der Waals surface area contributed by atoms with E-state index in [0.717, 1.165) is 22.5 Å². The zero-order chi connectivity index (χ0) is 21.5. The van der Waals surface area contributed by atoms with Gasteiger partial charge < -0.3 is 0 Å². The minimum Gasteiger partial charge on any atom is -0.247 e. The van der Waals surface area contributed by atoms with E-state index in [1.54, 1.807) is 0 Å². The Morgan fingerprint density at radius 1 is 0.567 bits per heavy atom. The lowest BCUT2D eigenvalue weighted by molar-refractivity contribution is 0.590. The monoisotopic (exact) mass is 393 g/mol. The fraction of sp³-hybridized carbons (Fsp3) is 0.276. The lowest BCUT2D eigenvalue weighted by Crippen LogP contribution is -2.10. The Hall–Kier alpha value is -2.93. The summed E-state index contributed by atoms with van der Waals surface area (Å²) in [7, 11) is 0. The van der Waals surface area contributed by atoms with Gasteiger partial charge in [-0.15, -0.1) is 0 Å². The van der Waals surface area contributed by atoms with E-state index >= 15 is 0 Å². The van der Waals surface area contributed by atoms with E-state index in [-0.39, 0.29) is 10.8 Å². The molecule has 0 amide bonds. The van der Waals surface area contributed by atoms with Gasteiger partial charge in [-0.05, 0) is 33.4 Å². The third kappa shape index (κ3) is 4.03. The number of hydrogen-bond acceptors (Lipinski definition) is 1. The Labute approximate surface area is 180 Å². The van der Waals surface area contributed by atoms with Gasteiger partial charge in [0.1, 0.15) is 0 Å². The summed E-state index contributed by atoms with van der Waals surface area (Å²) in [5.74, 6) is 0. The van der Waals surface area contributed by atoms with Crippen LogP contribution < -0.4 is 0 Å². The first-order chi connectivity index (χ1) is 14.1. The van der Waals surface area contributed by atoms with Gasteiger partial charge in [0.25, 0.3) is 0 Å². The molecule has 0 unspecified atom stereocenters. The molecule has 1 heterocycles. The van der Waals surface area contributed by atoms with Crippen LogP contribution in [0.2, 0.25) is 0 Å². The molecule has 1 nitrogen and oxygen atoms in total. The predicted octanol–water partition coefficient (Wildman–Crippen LogP) is 8.16. The number of nitrogens with zero attached hydrogens (tertiary/aromatic N) is 1. The Bertz CT molecular complexity index is 1170. The molecule has 30 heavy (non-hydrogen) atoms. The normalized spacial score (nSPS) is 12.3. The van der Waals surface area contributed by atoms with Gasteiger partial charge in [0.2, 0.25) is 0 Å². The van der Waals surface area contributed by atoms with Gasteiger partial charge in [-0.1, -0.05) is 114 Å². The van der Waals surface area contributed by atoms with Crippen LogP contribution in [0.1, 0.15) is 52.7 Å². The first kappa shape index (κ1) is 20.3. The number of fused-ring (bicyclic) bond motifs is 1. The minimum atomic E-state index is 0.144. The minimum absolute atomic E-state index is 0.144. The van der Waals surface area contributed by atoms with E-state index in [9.17, 15) is 0 Å². The van der Waals surface area contributed by atoms with Crippen LogP contribution in [0, 0.1) is 0 Å². The van der Waals surface area contributed by atoms with Crippen molar-refractivity contribution in [3.8, 4) is 22.5 Å². The molecule has 0 aliphatic carbocycles. The molecule has 0 radical (unpaired) electrons. The smallest absolute Gasteiger partial charge is 0.0787 e. The van der Waals surface area contributed by atoms with Crippen molar-refractivity contribution in [3.63, 3.8) is 0 Å². The van der Waals surface area contributed by atoms with Crippen LogP contribution >= 0.6 is 0 Å². The standard InChI is InChI=1S/C29H31N/c1-28(2,3)23-15-11-20(12-16-23)26-19-22-9-7-8-10-25(22)27(30-26)21-13-17-24(18-14-21)29(4,5)6/h7-19H,1-6H3. The Morgan fingerprint density at radius 3 is 1.60 bits per heavy atom. The first-order valence-corrected chi connectivity index (χ1v) is 10.7. The summed E-state index contributed by atoms with van der Waals surface area (Å²) in [6.45, 7) is 13.5. The summed E-state index contributed by atoms with van der Waals surface area (Å²) in [6.07, 6.45) is 0. The largest absolute Gasteiger partial charge is 0.247 e. The Balaban J connectivity index is 1.84. The molecule has 0 fully saturated rings. The zero-order valence-corrected chi connectivity index (χ0v) is 19.0. The molecule has 0 saturated carbocycles. The van der Waals surface area contributed by atoms with E-state index in [0.29, 0.717) is 0 Å². The number of rotatable bonds is 2. The highest BCUT2D eigenvalue weighted by molar-refractivity contribution is 5.96. The van der Waals surface area contributed by atoms with Crippen LogP contribution in [0.25, 0.3) is 33.3 Å². The number of pyridine rings is 1. The highest BCUT2D eigenvalue weighted by Crippen LogP contribution is 2.33. The Morgan fingerprint density at radius 2 is 1.07 bits per heavy atom. The number of hydrogen-bond donors (Lipinski definition) is 0. The van der Waals surface area contributed by atoms with E-state index in [1.165, 1.54) is 21.9 Å². The third-order valence-electron chi connectivity index (χ3n) is 5.81. The van der Waals surface area contributed by atoms with Crippen molar-refractivity contribution in [1.82, 2.24) is 4.98 Å². The van der Waals surface area contributed by atoms with Gasteiger partial charge in [0.05, 0.1) is 11.4 Å². The van der Waals surface area contributed by atoms with E-state index in [1.807, 2.05) is 0 Å². The van der Waals surface area contributed by atoms with Crippen LogP contribution in [0.4, 0.5) is 0 Å². The topological polar surface area (TPSA) is 12.9 Å². The van der Waals surface area contributed by atoms with Crippen molar-refractivity contribution in [2.24, 2.45) is 0 Å². The quantitative estimate of drug-likeness (QED) is 0.335. The molecule has 0 aliphatic heterocycles. The molecule has 0 saturated heterocycles. The third-order valence-corrected chi connectivity index (χ3v) is 5.81. The summed E-state index contributed by atoms with van der Waals surface area (Å²) < 4.78 is 0. The summed E-state index contributed by atoms with van der Waals surface area (Å²) in [5, 5.41) is 2.41. The molecule has 152 valence electrons. The molecule has 0 aliphatic rings. The molecular weight excluding hydrogens is 362 g/mol. The summed E-state index contributed by atoms with van der Waals surface area (Å²) in [4.78, 5) is 5.13. The van der Waals surface area contributed by atoms with Gasteiger partial charge in [0, 0.05) is 16.5 Å². The first-order valence-electron chi connectivity index (χ1n) is 10.7. The van der Waals surface area contributed by atoms with Crippen molar-refractivity contribution in [2.45, 2.75) is 52.4 Å². The van der Waals surface area contributed by atoms with E-state index in [4.69, 9.17) is 4.98 Å². The average Bonchev–Trinajstić information content (AvgIpc) is 2.72. The lowest BCUT2D eigenvalue weighted by Gasteiger charge is -2.20. The van der Waals surface area contributed by atoms with Gasteiger partial charge in [-0.2, -0.15) is 0 Å². The van der Waals surface area contributed by atoms with E-state index < -0.39 is 0 Å². The Kier molecular flexibility index (Phi) is 5.02. The second kappa shape index (κ2) is 7.40. The fourth-order valence-electron chi connectivity index (χ4n) is 3.84. The van der Waals surface area contributed by atoms with E-state index in [2.05, 4.69) is 120 Å². The molecule has 1 aromatic heterocycles. The van der Waals surface area contributed by atoms with Crippen LogP contribution in [0.3, 0.4) is 0 Å². The van der Waals surface area contributed by atoms with Gasteiger partial charge in [-0.3, -0.25) is 0 Å². The fourth-order valence-corrected chi connectivity index (χ4v) is 3.84. The molecule has 3 aromatic carbocycles. The number of aromatic nitrogens is 1. The highest BCUT2D eigenvalue weighted by atomic mass is 14.7. The maximum Gasteiger partial charge on any atom is 0.0787 e. The number of benzene rings is 3. The lowest BCUT2D eigenvalue weighted by atomic mass is 9.86. The molecule has 0 N–H and O–H groups in total.